The van der Waals surface area contributed by atoms with Gasteiger partial charge in [0.2, 0.25) is 10.3 Å². The predicted octanol–water partition coefficient (Wildman–Crippen LogP) is 5.27. The third-order valence-electron chi connectivity index (χ3n) is 4.26. The van der Waals surface area contributed by atoms with E-state index in [1.807, 2.05) is 12.1 Å². The molecule has 0 saturated heterocycles. The molecule has 0 aliphatic carbocycles. The number of nitrogens with one attached hydrogen (secondary N) is 2. The van der Waals surface area contributed by atoms with Crippen molar-refractivity contribution in [3.63, 3.8) is 0 Å². The van der Waals surface area contributed by atoms with Gasteiger partial charge in [-0.25, -0.2) is 0 Å². The zero-order valence-electron chi connectivity index (χ0n) is 17.7. The second-order valence-corrected chi connectivity index (χ2v) is 11.1. The normalized spacial score (nSPS) is 10.7. The van der Waals surface area contributed by atoms with Crippen LogP contribution in [-0.4, -0.2) is 36.9 Å². The molecule has 2 aromatic heterocycles. The highest BCUT2D eigenvalue weighted by molar-refractivity contribution is 8.00. The summed E-state index contributed by atoms with van der Waals surface area (Å²) >= 11 is 5.68. The van der Waals surface area contributed by atoms with Crippen LogP contribution < -0.4 is 10.6 Å². The summed E-state index contributed by atoms with van der Waals surface area (Å²) in [6, 6.07) is 13.0. The van der Waals surface area contributed by atoms with Gasteiger partial charge in [-0.05, 0) is 11.1 Å². The Hall–Kier alpha value is -3.34. The molecule has 0 aliphatic rings. The van der Waals surface area contributed by atoms with Crippen molar-refractivity contribution in [3.8, 4) is 0 Å². The molecular formula is C19H16N8O4S4. The van der Waals surface area contributed by atoms with E-state index in [2.05, 4.69) is 31.0 Å². The molecule has 0 radical (unpaired) electrons. The Morgan fingerprint density at radius 3 is 1.63 bits per heavy atom. The van der Waals surface area contributed by atoms with Gasteiger partial charge in [0.15, 0.2) is 8.68 Å². The molecule has 0 amide bonds. The molecule has 2 heterocycles. The van der Waals surface area contributed by atoms with Crippen LogP contribution in [0.3, 0.4) is 0 Å². The Kier molecular flexibility index (Phi) is 8.40. The summed E-state index contributed by atoms with van der Waals surface area (Å²) in [5, 5.41) is 45.7. The molecule has 2 aromatic carbocycles. The lowest BCUT2D eigenvalue weighted by Gasteiger charge is -2.01. The molecule has 4 rings (SSSR count). The predicted molar refractivity (Wildman–Crippen MR) is 137 cm³/mol. The molecular weight excluding hydrogens is 533 g/mol. The molecule has 0 saturated carbocycles. The van der Waals surface area contributed by atoms with Crippen LogP contribution in [0.1, 0.15) is 11.1 Å². The summed E-state index contributed by atoms with van der Waals surface area (Å²) in [6.07, 6.45) is 0. The van der Waals surface area contributed by atoms with Crippen LogP contribution in [0.2, 0.25) is 0 Å². The number of hydrogen-bond acceptors (Lipinski definition) is 14. The van der Waals surface area contributed by atoms with Crippen molar-refractivity contribution in [2.45, 2.75) is 20.2 Å². The molecule has 0 fully saturated rings. The maximum atomic E-state index is 10.9. The number of nitro groups is 2. The van der Waals surface area contributed by atoms with E-state index in [9.17, 15) is 20.2 Å². The van der Waals surface area contributed by atoms with Crippen LogP contribution in [-0.2, 0) is 11.5 Å². The third-order valence-corrected chi connectivity index (χ3v) is 8.43. The van der Waals surface area contributed by atoms with Gasteiger partial charge in [-0.3, -0.25) is 20.2 Å². The molecule has 0 aliphatic heterocycles. The van der Waals surface area contributed by atoms with E-state index < -0.39 is 9.85 Å². The summed E-state index contributed by atoms with van der Waals surface area (Å²) in [5.41, 5.74) is 1.81. The van der Waals surface area contributed by atoms with E-state index >= 15 is 0 Å². The number of aromatic nitrogens is 4. The second-order valence-electron chi connectivity index (χ2n) is 6.71. The Bertz CT molecular complexity index is 1230. The first-order chi connectivity index (χ1) is 17.0. The number of rotatable bonds is 12. The smallest absolute Gasteiger partial charge is 0.269 e. The van der Waals surface area contributed by atoms with E-state index in [1.165, 1.54) is 58.3 Å². The van der Waals surface area contributed by atoms with Crippen molar-refractivity contribution < 1.29 is 9.85 Å². The van der Waals surface area contributed by atoms with Gasteiger partial charge < -0.3 is 10.6 Å². The number of nitrogens with zero attached hydrogens (tertiary/aromatic N) is 6. The Morgan fingerprint density at radius 2 is 1.20 bits per heavy atom. The molecule has 4 aromatic rings. The van der Waals surface area contributed by atoms with Crippen molar-refractivity contribution in [2.24, 2.45) is 0 Å². The summed E-state index contributed by atoms with van der Waals surface area (Å²) in [6.45, 7) is 0.369. The highest BCUT2D eigenvalue weighted by Crippen LogP contribution is 2.30. The lowest BCUT2D eigenvalue weighted by atomic mass is 10.2. The van der Waals surface area contributed by atoms with Gasteiger partial charge >= 0.3 is 0 Å². The minimum atomic E-state index is -0.412. The van der Waals surface area contributed by atoms with Gasteiger partial charge in [0.05, 0.1) is 16.5 Å². The van der Waals surface area contributed by atoms with Crippen LogP contribution in [0, 0.1) is 20.2 Å². The summed E-state index contributed by atoms with van der Waals surface area (Å²) in [7, 11) is 0. The number of nitro benzene ring substituents is 2. The fraction of sp³-hybridized carbons (Fsp3) is 0.158. The van der Waals surface area contributed by atoms with Crippen LogP contribution in [0.15, 0.2) is 57.2 Å². The summed E-state index contributed by atoms with van der Waals surface area (Å²) < 4.78 is 1.49. The zero-order valence-corrected chi connectivity index (χ0v) is 21.0. The van der Waals surface area contributed by atoms with Gasteiger partial charge in [-0.2, -0.15) is 0 Å². The minimum absolute atomic E-state index is 0.0658. The fourth-order valence-electron chi connectivity index (χ4n) is 2.68. The molecule has 0 atom stereocenters. The van der Waals surface area contributed by atoms with Gasteiger partial charge in [0.25, 0.3) is 11.4 Å². The lowest BCUT2D eigenvalue weighted by molar-refractivity contribution is -0.385. The Balaban J connectivity index is 1.20. The monoisotopic (exact) mass is 548 g/mol. The average Bonchev–Trinajstić information content (AvgIpc) is 3.51. The third kappa shape index (κ3) is 7.32. The fourth-order valence-corrected chi connectivity index (χ4v) is 6.07. The van der Waals surface area contributed by atoms with Gasteiger partial charge in [-0.15, -0.1) is 20.4 Å². The quantitative estimate of drug-likeness (QED) is 0.102. The molecule has 2 N–H and O–H groups in total. The van der Waals surface area contributed by atoms with Crippen LogP contribution in [0.5, 0.6) is 0 Å². The highest BCUT2D eigenvalue weighted by atomic mass is 32.2. The number of anilines is 2. The zero-order chi connectivity index (χ0) is 24.6. The van der Waals surface area contributed by atoms with Crippen molar-refractivity contribution in [3.05, 3.63) is 79.9 Å². The van der Waals surface area contributed by atoms with Gasteiger partial charge in [-0.1, -0.05) is 70.5 Å². The van der Waals surface area contributed by atoms with Crippen LogP contribution in [0.25, 0.3) is 0 Å². The van der Waals surface area contributed by atoms with Crippen LogP contribution >= 0.6 is 46.2 Å². The largest absolute Gasteiger partial charge is 0.343 e. The molecule has 12 nitrogen and oxygen atoms in total. The maximum absolute atomic E-state index is 10.9. The van der Waals surface area contributed by atoms with Gasteiger partial charge in [0.1, 0.15) is 0 Å². The molecule has 180 valence electrons. The number of hydrogen-bond donors (Lipinski definition) is 2. The first kappa shape index (κ1) is 24.8. The van der Waals surface area contributed by atoms with Crippen molar-refractivity contribution in [1.82, 2.24) is 20.4 Å². The second kappa shape index (κ2) is 11.9. The van der Waals surface area contributed by atoms with Crippen molar-refractivity contribution >= 4 is 67.8 Å². The molecule has 35 heavy (non-hydrogen) atoms. The average molecular weight is 549 g/mol. The molecule has 0 unspecified atom stereocenters. The van der Waals surface area contributed by atoms with Crippen molar-refractivity contribution in [2.75, 3.05) is 17.3 Å². The van der Waals surface area contributed by atoms with Gasteiger partial charge in [0, 0.05) is 35.8 Å². The van der Waals surface area contributed by atoms with Crippen LogP contribution in [0.4, 0.5) is 21.6 Å². The highest BCUT2D eigenvalue weighted by Gasteiger charge is 2.10. The SMILES string of the molecule is O=[N+]([O-])c1cccc(CSc2nnc(NCNc3nnc(SCc4cccc([N+](=O)[O-])c4)s3)s2)c1. The Morgan fingerprint density at radius 1 is 0.743 bits per heavy atom. The maximum Gasteiger partial charge on any atom is 0.269 e. The van der Waals surface area contributed by atoms with E-state index in [4.69, 9.17) is 0 Å². The number of benzene rings is 2. The molecule has 0 spiro atoms. The lowest BCUT2D eigenvalue weighted by Crippen LogP contribution is -2.11. The van der Waals surface area contributed by atoms with E-state index in [0.29, 0.717) is 28.4 Å². The van der Waals surface area contributed by atoms with E-state index in [-0.39, 0.29) is 11.4 Å². The first-order valence-electron chi connectivity index (χ1n) is 9.83. The summed E-state index contributed by atoms with van der Waals surface area (Å²) in [5.74, 6) is 1.10. The minimum Gasteiger partial charge on any atom is -0.343 e. The topological polar surface area (TPSA) is 162 Å². The summed E-state index contributed by atoms with van der Waals surface area (Å²) in [4.78, 5) is 21.0. The first-order valence-corrected chi connectivity index (χ1v) is 13.4. The number of non-ortho nitro benzene ring substituents is 2. The van der Waals surface area contributed by atoms with E-state index in [1.54, 1.807) is 24.3 Å². The number of thioether (sulfide) groups is 2. The molecule has 0 bridgehead atoms. The Labute approximate surface area is 214 Å². The standard InChI is InChI=1S/C19H16N8O4S4/c28-26(29)14-5-1-3-12(7-14)9-32-18-24-22-16(34-18)20-11-21-17-23-25-19(35-17)33-10-13-4-2-6-15(8-13)27(30)31/h1-8H,9-11H2,(H,20,22)(H,21,23). The molecule has 16 heteroatoms. The van der Waals surface area contributed by atoms with E-state index in [0.717, 1.165) is 19.8 Å². The van der Waals surface area contributed by atoms with Crippen molar-refractivity contribution in [1.29, 1.82) is 0 Å².